The number of benzene rings is 2. The summed E-state index contributed by atoms with van der Waals surface area (Å²) in [7, 11) is 0. The lowest BCUT2D eigenvalue weighted by Crippen LogP contribution is -2.18. The van der Waals surface area contributed by atoms with Crippen LogP contribution in [0.5, 0.6) is 5.75 Å². The molecule has 1 N–H and O–H groups in total. The molecule has 130 valence electrons. The van der Waals surface area contributed by atoms with Gasteiger partial charge in [-0.3, -0.25) is 0 Å². The Morgan fingerprint density at radius 2 is 1.92 bits per heavy atom. The third-order valence-corrected chi connectivity index (χ3v) is 4.34. The Balaban J connectivity index is 1.69. The predicted octanol–water partition coefficient (Wildman–Crippen LogP) is 4.43. The molecule has 0 saturated heterocycles. The van der Waals surface area contributed by atoms with Crippen LogP contribution in [-0.4, -0.2) is 16.4 Å². The van der Waals surface area contributed by atoms with E-state index < -0.39 is 0 Å². The molecule has 0 radical (unpaired) electrons. The van der Waals surface area contributed by atoms with E-state index in [2.05, 4.69) is 48.5 Å². The summed E-state index contributed by atoms with van der Waals surface area (Å²) in [5, 5.41) is 8.14. The molecule has 0 spiro atoms. The zero-order chi connectivity index (χ0) is 17.6. The summed E-state index contributed by atoms with van der Waals surface area (Å²) in [6.07, 6.45) is 1.95. The van der Waals surface area contributed by atoms with Gasteiger partial charge in [0.15, 0.2) is 0 Å². The number of nitrogens with zero attached hydrogens (tertiary/aromatic N) is 2. The second kappa shape index (κ2) is 7.99. The van der Waals surface area contributed by atoms with Gasteiger partial charge in [0, 0.05) is 23.8 Å². The van der Waals surface area contributed by atoms with E-state index in [1.54, 1.807) is 0 Å². The molecule has 25 heavy (non-hydrogen) atoms. The molecule has 0 bridgehead atoms. The van der Waals surface area contributed by atoms with Crippen LogP contribution in [0, 0.1) is 6.92 Å². The van der Waals surface area contributed by atoms with Crippen molar-refractivity contribution in [3.05, 3.63) is 77.6 Å². The summed E-state index contributed by atoms with van der Waals surface area (Å²) in [4.78, 5) is 0. The Bertz CT molecular complexity index is 811. The van der Waals surface area contributed by atoms with Crippen LogP contribution in [0.25, 0.3) is 5.69 Å². The monoisotopic (exact) mass is 335 g/mol. The third-order valence-electron chi connectivity index (χ3n) is 4.34. The standard InChI is InChI=1S/C21H25N3O/c1-4-25-20-12-8-9-18(13-20)14-22-16(2)21-15-23-24(17(21)3)19-10-6-5-7-11-19/h5-13,15-16,22H,4,14H2,1-3H3. The first-order valence-corrected chi connectivity index (χ1v) is 8.74. The number of ether oxygens (including phenoxy) is 1. The van der Waals surface area contributed by atoms with Gasteiger partial charge in [0.25, 0.3) is 0 Å². The van der Waals surface area contributed by atoms with Crippen molar-refractivity contribution in [2.75, 3.05) is 6.61 Å². The van der Waals surface area contributed by atoms with Crippen LogP contribution in [-0.2, 0) is 6.54 Å². The summed E-state index contributed by atoms with van der Waals surface area (Å²) >= 11 is 0. The first kappa shape index (κ1) is 17.2. The maximum Gasteiger partial charge on any atom is 0.119 e. The van der Waals surface area contributed by atoms with Crippen molar-refractivity contribution in [1.29, 1.82) is 0 Å². The summed E-state index contributed by atoms with van der Waals surface area (Å²) in [5.41, 5.74) is 4.67. The van der Waals surface area contributed by atoms with Gasteiger partial charge < -0.3 is 10.1 Å². The molecular formula is C21H25N3O. The van der Waals surface area contributed by atoms with Crippen LogP contribution >= 0.6 is 0 Å². The van der Waals surface area contributed by atoms with E-state index in [0.717, 1.165) is 23.7 Å². The molecule has 0 amide bonds. The number of rotatable bonds is 7. The zero-order valence-corrected chi connectivity index (χ0v) is 15.1. The van der Waals surface area contributed by atoms with Crippen molar-refractivity contribution in [2.24, 2.45) is 0 Å². The van der Waals surface area contributed by atoms with Crippen molar-refractivity contribution in [3.63, 3.8) is 0 Å². The molecule has 0 aliphatic heterocycles. The minimum atomic E-state index is 0.216. The summed E-state index contributed by atoms with van der Waals surface area (Å²) < 4.78 is 7.56. The summed E-state index contributed by atoms with van der Waals surface area (Å²) in [5.74, 6) is 0.919. The summed E-state index contributed by atoms with van der Waals surface area (Å²) in [6.45, 7) is 7.76. The average molecular weight is 335 g/mol. The first-order valence-electron chi connectivity index (χ1n) is 8.74. The van der Waals surface area contributed by atoms with Gasteiger partial charge in [-0.2, -0.15) is 5.10 Å². The molecule has 4 heteroatoms. The van der Waals surface area contributed by atoms with Gasteiger partial charge in [-0.1, -0.05) is 30.3 Å². The fourth-order valence-corrected chi connectivity index (χ4v) is 2.97. The van der Waals surface area contributed by atoms with Gasteiger partial charge in [0.2, 0.25) is 0 Å². The highest BCUT2D eigenvalue weighted by molar-refractivity contribution is 5.35. The second-order valence-corrected chi connectivity index (χ2v) is 6.12. The topological polar surface area (TPSA) is 39.1 Å². The largest absolute Gasteiger partial charge is 0.494 e. The fourth-order valence-electron chi connectivity index (χ4n) is 2.97. The van der Waals surface area contributed by atoms with E-state index >= 15 is 0 Å². The predicted molar refractivity (Wildman–Crippen MR) is 101 cm³/mol. The van der Waals surface area contributed by atoms with Crippen LogP contribution in [0.2, 0.25) is 0 Å². The van der Waals surface area contributed by atoms with Crippen LogP contribution in [0.3, 0.4) is 0 Å². The molecule has 0 aliphatic rings. The van der Waals surface area contributed by atoms with E-state index in [4.69, 9.17) is 4.74 Å². The third kappa shape index (κ3) is 4.09. The molecule has 0 saturated carbocycles. The highest BCUT2D eigenvalue weighted by atomic mass is 16.5. The minimum absolute atomic E-state index is 0.216. The number of hydrogen-bond acceptors (Lipinski definition) is 3. The zero-order valence-electron chi connectivity index (χ0n) is 15.1. The van der Waals surface area contributed by atoms with E-state index in [0.29, 0.717) is 6.61 Å². The van der Waals surface area contributed by atoms with E-state index in [1.807, 2.05) is 48.1 Å². The molecule has 0 aliphatic carbocycles. The van der Waals surface area contributed by atoms with Crippen molar-refractivity contribution in [3.8, 4) is 11.4 Å². The van der Waals surface area contributed by atoms with E-state index in [9.17, 15) is 0 Å². The molecule has 3 rings (SSSR count). The molecule has 1 heterocycles. The molecule has 2 aromatic carbocycles. The van der Waals surface area contributed by atoms with Crippen molar-refractivity contribution < 1.29 is 4.74 Å². The molecule has 4 nitrogen and oxygen atoms in total. The van der Waals surface area contributed by atoms with Gasteiger partial charge in [-0.25, -0.2) is 4.68 Å². The molecule has 3 aromatic rings. The maximum absolute atomic E-state index is 5.57. The smallest absolute Gasteiger partial charge is 0.119 e. The minimum Gasteiger partial charge on any atom is -0.494 e. The quantitative estimate of drug-likeness (QED) is 0.694. The first-order chi connectivity index (χ1) is 12.2. The van der Waals surface area contributed by atoms with Crippen LogP contribution < -0.4 is 10.1 Å². The molecule has 1 aromatic heterocycles. The lowest BCUT2D eigenvalue weighted by molar-refractivity contribution is 0.339. The van der Waals surface area contributed by atoms with Crippen molar-refractivity contribution >= 4 is 0 Å². The van der Waals surface area contributed by atoms with Crippen LogP contribution in [0.1, 0.15) is 36.7 Å². The molecule has 0 fully saturated rings. The lowest BCUT2D eigenvalue weighted by atomic mass is 10.1. The van der Waals surface area contributed by atoms with Gasteiger partial charge in [-0.05, 0) is 50.6 Å². The highest BCUT2D eigenvalue weighted by Gasteiger charge is 2.14. The fraction of sp³-hybridized carbons (Fsp3) is 0.286. The average Bonchev–Trinajstić information content (AvgIpc) is 3.03. The maximum atomic E-state index is 5.57. The number of aromatic nitrogens is 2. The summed E-state index contributed by atoms with van der Waals surface area (Å²) in [6, 6.07) is 18.7. The Morgan fingerprint density at radius 1 is 1.12 bits per heavy atom. The van der Waals surface area contributed by atoms with Crippen LogP contribution in [0.15, 0.2) is 60.8 Å². The molecule has 1 unspecified atom stereocenters. The Labute approximate surface area is 149 Å². The van der Waals surface area contributed by atoms with E-state index in [1.165, 1.54) is 11.1 Å². The van der Waals surface area contributed by atoms with Gasteiger partial charge in [0.1, 0.15) is 5.75 Å². The SMILES string of the molecule is CCOc1cccc(CNC(C)c2cnn(-c3ccccc3)c2C)c1. The normalized spacial score (nSPS) is 12.1. The molecular weight excluding hydrogens is 310 g/mol. The van der Waals surface area contributed by atoms with Crippen molar-refractivity contribution in [2.45, 2.75) is 33.4 Å². The number of para-hydroxylation sites is 1. The van der Waals surface area contributed by atoms with E-state index in [-0.39, 0.29) is 6.04 Å². The Kier molecular flexibility index (Phi) is 5.51. The Hall–Kier alpha value is -2.59. The number of nitrogens with one attached hydrogen (secondary N) is 1. The lowest BCUT2D eigenvalue weighted by Gasteiger charge is -2.15. The molecule has 1 atom stereocenters. The van der Waals surface area contributed by atoms with Crippen LogP contribution in [0.4, 0.5) is 0 Å². The number of hydrogen-bond donors (Lipinski definition) is 1. The van der Waals surface area contributed by atoms with Crippen molar-refractivity contribution in [1.82, 2.24) is 15.1 Å². The highest BCUT2D eigenvalue weighted by Crippen LogP contribution is 2.21. The Morgan fingerprint density at radius 3 is 2.68 bits per heavy atom. The van der Waals surface area contributed by atoms with Gasteiger partial charge >= 0.3 is 0 Å². The van der Waals surface area contributed by atoms with Gasteiger partial charge in [0.05, 0.1) is 18.5 Å². The van der Waals surface area contributed by atoms with Gasteiger partial charge in [-0.15, -0.1) is 0 Å². The second-order valence-electron chi connectivity index (χ2n) is 6.12.